The second kappa shape index (κ2) is 7.67. The molecule has 2 aromatic heterocycles. The van der Waals surface area contributed by atoms with E-state index in [9.17, 15) is 0 Å². The fourth-order valence-corrected chi connectivity index (χ4v) is 3.11. The first-order chi connectivity index (χ1) is 14.0. The number of aryl methyl sites for hydroxylation is 3. The summed E-state index contributed by atoms with van der Waals surface area (Å²) >= 11 is 0. The van der Waals surface area contributed by atoms with Crippen LogP contribution in [-0.4, -0.2) is 15.8 Å². The van der Waals surface area contributed by atoms with Crippen LogP contribution in [0.15, 0.2) is 72.3 Å². The molecule has 0 atom stereocenters. The predicted octanol–water partition coefficient (Wildman–Crippen LogP) is 3.07. The molecule has 1 aliphatic heterocycles. The average Bonchev–Trinajstić information content (AvgIpc) is 2.99. The second-order valence-electron chi connectivity index (χ2n) is 7.04. The van der Waals surface area contributed by atoms with E-state index in [1.807, 2.05) is 42.1 Å². The summed E-state index contributed by atoms with van der Waals surface area (Å²) in [6.45, 7) is 4.22. The number of hydrogen-bond acceptors (Lipinski definition) is 5. The Balaban J connectivity index is 1.75. The van der Waals surface area contributed by atoms with Crippen LogP contribution < -0.4 is 15.6 Å². The molecule has 0 unspecified atom stereocenters. The number of nitrogens with one attached hydrogen (secondary N) is 1. The smallest absolute Gasteiger partial charge is 0.302 e. The van der Waals surface area contributed by atoms with Crippen LogP contribution in [0.1, 0.15) is 22.4 Å². The number of pyridine rings is 1. The highest BCUT2D eigenvalue weighted by Gasteiger charge is 2.21. The molecular weight excluding hydrogens is 360 g/mol. The van der Waals surface area contributed by atoms with E-state index >= 15 is 0 Å². The van der Waals surface area contributed by atoms with E-state index in [2.05, 4.69) is 47.3 Å². The van der Waals surface area contributed by atoms with Gasteiger partial charge < -0.3 is 5.32 Å². The Hall–Kier alpha value is -3.80. The van der Waals surface area contributed by atoms with E-state index in [0.717, 1.165) is 22.5 Å². The number of rotatable bonds is 3. The van der Waals surface area contributed by atoms with Gasteiger partial charge in [0, 0.05) is 29.9 Å². The maximum absolute atomic E-state index is 6.36. The molecular formula is C23H23N6+. The minimum absolute atomic E-state index is 0.527. The van der Waals surface area contributed by atoms with E-state index in [4.69, 9.17) is 10.7 Å². The summed E-state index contributed by atoms with van der Waals surface area (Å²) in [4.78, 5) is 13.5. The van der Waals surface area contributed by atoms with Crippen molar-refractivity contribution < 1.29 is 4.57 Å². The fraction of sp³-hybridized carbons (Fsp3) is 0.130. The molecule has 0 saturated carbocycles. The van der Waals surface area contributed by atoms with Crippen LogP contribution in [-0.2, 0) is 7.05 Å². The van der Waals surface area contributed by atoms with E-state index < -0.39 is 0 Å². The molecule has 0 amide bonds. The van der Waals surface area contributed by atoms with E-state index in [1.165, 1.54) is 11.1 Å². The maximum Gasteiger partial charge on any atom is 0.302 e. The molecule has 6 nitrogen and oxygen atoms in total. The number of anilines is 1. The SMILES string of the molecule is Cc1ccc(C2=CC=CN=C(c3nc(-c4cccnc4)c[n+](C)c3N)N2)cc1C. The van der Waals surface area contributed by atoms with Gasteiger partial charge in [-0.3, -0.25) is 10.7 Å². The van der Waals surface area contributed by atoms with Crippen molar-refractivity contribution in [1.29, 1.82) is 0 Å². The summed E-state index contributed by atoms with van der Waals surface area (Å²) in [7, 11) is 1.90. The number of nitrogens with two attached hydrogens (primary N) is 1. The molecule has 3 aromatic rings. The predicted molar refractivity (Wildman–Crippen MR) is 116 cm³/mol. The maximum atomic E-state index is 6.36. The molecule has 4 rings (SSSR count). The average molecular weight is 383 g/mol. The standard InChI is InChI=1S/C23H22N6/c1-15-8-9-17(12-16(15)2)19-7-5-11-26-23(28-19)21-22(24)29(3)14-20(27-21)18-6-4-10-25-13-18/h4-14,24H,1-3H3,(H,26,27,28)/p+1. The monoisotopic (exact) mass is 383 g/mol. The zero-order chi connectivity index (χ0) is 20.4. The Morgan fingerprint density at radius 1 is 1.07 bits per heavy atom. The molecule has 144 valence electrons. The van der Waals surface area contributed by atoms with Crippen molar-refractivity contribution in [2.75, 3.05) is 5.73 Å². The number of amidine groups is 1. The lowest BCUT2D eigenvalue weighted by atomic mass is 10.0. The van der Waals surface area contributed by atoms with Gasteiger partial charge in [0.25, 0.3) is 0 Å². The van der Waals surface area contributed by atoms with Crippen LogP contribution in [0.25, 0.3) is 17.0 Å². The normalized spacial score (nSPS) is 13.3. The Morgan fingerprint density at radius 2 is 1.93 bits per heavy atom. The van der Waals surface area contributed by atoms with E-state index in [-0.39, 0.29) is 0 Å². The summed E-state index contributed by atoms with van der Waals surface area (Å²) in [6.07, 6.45) is 11.1. The van der Waals surface area contributed by atoms with Gasteiger partial charge in [0.15, 0.2) is 11.5 Å². The first kappa shape index (κ1) is 18.6. The molecule has 29 heavy (non-hydrogen) atoms. The van der Waals surface area contributed by atoms with Crippen molar-refractivity contribution in [2.24, 2.45) is 12.0 Å². The molecule has 0 spiro atoms. The highest BCUT2D eigenvalue weighted by molar-refractivity contribution is 6.05. The molecule has 6 heteroatoms. The van der Waals surface area contributed by atoms with Gasteiger partial charge in [0.1, 0.15) is 11.9 Å². The van der Waals surface area contributed by atoms with Crippen molar-refractivity contribution in [1.82, 2.24) is 15.3 Å². The Morgan fingerprint density at radius 3 is 2.69 bits per heavy atom. The quantitative estimate of drug-likeness (QED) is 0.681. The summed E-state index contributed by atoms with van der Waals surface area (Å²) in [5.74, 6) is 1.13. The highest BCUT2D eigenvalue weighted by Crippen LogP contribution is 2.21. The number of aliphatic imine (C=N–C) groups is 1. The lowest BCUT2D eigenvalue weighted by molar-refractivity contribution is -0.656. The molecule has 3 heterocycles. The molecule has 0 aliphatic carbocycles. The van der Waals surface area contributed by atoms with Crippen LogP contribution in [0.2, 0.25) is 0 Å². The van der Waals surface area contributed by atoms with Gasteiger partial charge in [-0.1, -0.05) is 12.1 Å². The minimum atomic E-state index is 0.527. The topological polar surface area (TPSA) is 80.1 Å². The number of benzene rings is 1. The van der Waals surface area contributed by atoms with Crippen molar-refractivity contribution in [2.45, 2.75) is 13.8 Å². The summed E-state index contributed by atoms with van der Waals surface area (Å²) < 4.78 is 1.85. The molecule has 1 aromatic carbocycles. The lowest BCUT2D eigenvalue weighted by Crippen LogP contribution is -2.37. The molecule has 0 saturated heterocycles. The third-order valence-electron chi connectivity index (χ3n) is 4.98. The van der Waals surface area contributed by atoms with Gasteiger partial charge in [-0.15, -0.1) is 0 Å². The van der Waals surface area contributed by atoms with Crippen molar-refractivity contribution in [3.63, 3.8) is 0 Å². The van der Waals surface area contributed by atoms with Crippen LogP contribution in [0, 0.1) is 13.8 Å². The third kappa shape index (κ3) is 3.78. The van der Waals surface area contributed by atoms with Gasteiger partial charge >= 0.3 is 5.82 Å². The second-order valence-corrected chi connectivity index (χ2v) is 7.04. The summed E-state index contributed by atoms with van der Waals surface area (Å²) in [5.41, 5.74) is 13.2. The number of nitrogen functional groups attached to an aromatic ring is 1. The molecule has 0 fully saturated rings. The van der Waals surface area contributed by atoms with Crippen LogP contribution in [0.5, 0.6) is 0 Å². The summed E-state index contributed by atoms with van der Waals surface area (Å²) in [6, 6.07) is 10.2. The van der Waals surface area contributed by atoms with Crippen LogP contribution in [0.4, 0.5) is 5.82 Å². The van der Waals surface area contributed by atoms with Gasteiger partial charge in [-0.05, 0) is 60.9 Å². The number of aromatic nitrogens is 3. The van der Waals surface area contributed by atoms with Crippen LogP contribution in [0.3, 0.4) is 0 Å². The van der Waals surface area contributed by atoms with Crippen LogP contribution >= 0.6 is 0 Å². The zero-order valence-electron chi connectivity index (χ0n) is 16.7. The molecule has 1 aliphatic rings. The van der Waals surface area contributed by atoms with Gasteiger partial charge in [-0.2, -0.15) is 0 Å². The first-order valence-electron chi connectivity index (χ1n) is 9.39. The van der Waals surface area contributed by atoms with Crippen molar-refractivity contribution >= 4 is 17.4 Å². The zero-order valence-corrected chi connectivity index (χ0v) is 16.7. The lowest BCUT2D eigenvalue weighted by Gasteiger charge is -2.14. The van der Waals surface area contributed by atoms with Gasteiger partial charge in [0.2, 0.25) is 0 Å². The minimum Gasteiger partial charge on any atom is -0.338 e. The van der Waals surface area contributed by atoms with Gasteiger partial charge in [-0.25, -0.2) is 14.5 Å². The summed E-state index contributed by atoms with van der Waals surface area (Å²) in [5, 5.41) is 3.42. The Kier molecular flexibility index (Phi) is 4.91. The van der Waals surface area contributed by atoms with Crippen molar-refractivity contribution in [3.05, 3.63) is 89.7 Å². The molecule has 3 N–H and O–H groups in total. The molecule has 0 bridgehead atoms. The Labute approximate surface area is 170 Å². The first-order valence-corrected chi connectivity index (χ1v) is 9.39. The number of nitrogens with zero attached hydrogens (tertiary/aromatic N) is 4. The Bertz CT molecular complexity index is 1160. The van der Waals surface area contributed by atoms with Gasteiger partial charge in [0.05, 0.1) is 7.05 Å². The number of hydrogen-bond donors (Lipinski definition) is 2. The molecule has 0 radical (unpaired) electrons. The number of allylic oxidation sites excluding steroid dienone is 2. The fourth-order valence-electron chi connectivity index (χ4n) is 3.11. The van der Waals surface area contributed by atoms with E-state index in [1.54, 1.807) is 18.6 Å². The van der Waals surface area contributed by atoms with Crippen molar-refractivity contribution in [3.8, 4) is 11.3 Å². The third-order valence-corrected chi connectivity index (χ3v) is 4.98. The highest BCUT2D eigenvalue weighted by atomic mass is 15.1. The van der Waals surface area contributed by atoms with E-state index in [0.29, 0.717) is 17.3 Å². The largest absolute Gasteiger partial charge is 0.338 e.